The second-order valence-electron chi connectivity index (χ2n) is 3.35. The summed E-state index contributed by atoms with van der Waals surface area (Å²) < 4.78 is 0. The van der Waals surface area contributed by atoms with Gasteiger partial charge in [-0.2, -0.15) is 0 Å². The van der Waals surface area contributed by atoms with Crippen molar-refractivity contribution in [1.29, 1.82) is 0 Å². The minimum Gasteiger partial charge on any atom is -0.358 e. The van der Waals surface area contributed by atoms with Crippen LogP contribution >= 0.6 is 0 Å². The zero-order valence-corrected chi connectivity index (χ0v) is 8.54. The molecule has 0 saturated carbocycles. The standard InChI is InChI=1S/C10H17N3/c1-8-6-9(2)12-10(7-8)13(3)5-4-11/h6-7H,4-5,11H2,1-3H3. The number of pyridine rings is 1. The topological polar surface area (TPSA) is 42.2 Å². The molecule has 72 valence electrons. The van der Waals surface area contributed by atoms with Crippen LogP contribution in [-0.2, 0) is 0 Å². The van der Waals surface area contributed by atoms with Crippen LogP contribution in [0, 0.1) is 13.8 Å². The van der Waals surface area contributed by atoms with Gasteiger partial charge in [0.15, 0.2) is 0 Å². The van der Waals surface area contributed by atoms with Gasteiger partial charge < -0.3 is 10.6 Å². The number of nitrogens with zero attached hydrogens (tertiary/aromatic N) is 2. The largest absolute Gasteiger partial charge is 0.358 e. The summed E-state index contributed by atoms with van der Waals surface area (Å²) in [6.45, 7) is 5.59. The zero-order chi connectivity index (χ0) is 9.84. The van der Waals surface area contributed by atoms with E-state index in [-0.39, 0.29) is 0 Å². The lowest BCUT2D eigenvalue weighted by atomic mass is 10.2. The second-order valence-corrected chi connectivity index (χ2v) is 3.35. The first-order valence-corrected chi connectivity index (χ1v) is 4.50. The molecule has 3 nitrogen and oxygen atoms in total. The summed E-state index contributed by atoms with van der Waals surface area (Å²) in [7, 11) is 2.01. The minimum atomic E-state index is 0.658. The van der Waals surface area contributed by atoms with Gasteiger partial charge in [0.1, 0.15) is 5.82 Å². The molecule has 0 radical (unpaired) electrons. The van der Waals surface area contributed by atoms with Crippen molar-refractivity contribution in [3.63, 3.8) is 0 Å². The van der Waals surface area contributed by atoms with Gasteiger partial charge in [0.25, 0.3) is 0 Å². The lowest BCUT2D eigenvalue weighted by Gasteiger charge is -2.17. The van der Waals surface area contributed by atoms with Gasteiger partial charge in [-0.1, -0.05) is 0 Å². The Morgan fingerprint density at radius 1 is 1.38 bits per heavy atom. The van der Waals surface area contributed by atoms with E-state index < -0.39 is 0 Å². The van der Waals surface area contributed by atoms with E-state index in [2.05, 4.69) is 28.9 Å². The summed E-state index contributed by atoms with van der Waals surface area (Å²) in [5, 5.41) is 0. The number of likely N-dealkylation sites (N-methyl/N-ethyl adjacent to an activating group) is 1. The van der Waals surface area contributed by atoms with Crippen LogP contribution in [0.25, 0.3) is 0 Å². The normalized spacial score (nSPS) is 10.2. The molecule has 13 heavy (non-hydrogen) atoms. The summed E-state index contributed by atoms with van der Waals surface area (Å²) in [6, 6.07) is 4.14. The molecule has 0 amide bonds. The fourth-order valence-corrected chi connectivity index (χ4v) is 1.32. The van der Waals surface area contributed by atoms with Crippen LogP contribution in [0.5, 0.6) is 0 Å². The Balaban J connectivity index is 2.87. The van der Waals surface area contributed by atoms with E-state index in [1.807, 2.05) is 14.0 Å². The minimum absolute atomic E-state index is 0.658. The summed E-state index contributed by atoms with van der Waals surface area (Å²) in [6.07, 6.45) is 0. The van der Waals surface area contributed by atoms with E-state index in [4.69, 9.17) is 5.73 Å². The molecule has 0 spiro atoms. The fourth-order valence-electron chi connectivity index (χ4n) is 1.32. The number of hydrogen-bond acceptors (Lipinski definition) is 3. The Morgan fingerprint density at radius 2 is 2.08 bits per heavy atom. The average Bonchev–Trinajstić information content (AvgIpc) is 2.03. The Morgan fingerprint density at radius 3 is 2.62 bits per heavy atom. The molecule has 0 unspecified atom stereocenters. The summed E-state index contributed by atoms with van der Waals surface area (Å²) in [5.41, 5.74) is 7.77. The fraction of sp³-hybridized carbons (Fsp3) is 0.500. The van der Waals surface area contributed by atoms with Crippen molar-refractivity contribution in [2.75, 3.05) is 25.0 Å². The first kappa shape index (κ1) is 9.99. The highest BCUT2D eigenvalue weighted by Gasteiger charge is 2.01. The molecule has 0 aromatic carbocycles. The maximum absolute atomic E-state index is 5.47. The number of aromatic nitrogens is 1. The number of rotatable bonds is 3. The molecule has 1 heterocycles. The SMILES string of the molecule is Cc1cc(C)nc(N(C)CCN)c1. The van der Waals surface area contributed by atoms with Gasteiger partial charge in [0, 0.05) is 25.8 Å². The highest BCUT2D eigenvalue weighted by atomic mass is 15.2. The molecule has 0 fully saturated rings. The van der Waals surface area contributed by atoms with Crippen molar-refractivity contribution in [2.24, 2.45) is 5.73 Å². The van der Waals surface area contributed by atoms with Crippen molar-refractivity contribution in [2.45, 2.75) is 13.8 Å². The first-order valence-electron chi connectivity index (χ1n) is 4.50. The average molecular weight is 179 g/mol. The molecular weight excluding hydrogens is 162 g/mol. The number of anilines is 1. The third-order valence-electron chi connectivity index (χ3n) is 1.94. The van der Waals surface area contributed by atoms with E-state index in [0.29, 0.717) is 6.54 Å². The molecular formula is C10H17N3. The Bertz CT molecular complexity index is 263. The van der Waals surface area contributed by atoms with Gasteiger partial charge in [-0.15, -0.1) is 0 Å². The molecule has 1 aromatic rings. The maximum atomic E-state index is 5.47. The first-order chi connectivity index (χ1) is 6.13. The molecule has 0 saturated heterocycles. The van der Waals surface area contributed by atoms with Gasteiger partial charge in [-0.3, -0.25) is 0 Å². The van der Waals surface area contributed by atoms with Crippen LogP contribution in [0.1, 0.15) is 11.3 Å². The molecule has 0 atom stereocenters. The van der Waals surface area contributed by atoms with Crippen molar-refractivity contribution in [1.82, 2.24) is 4.98 Å². The van der Waals surface area contributed by atoms with Crippen molar-refractivity contribution >= 4 is 5.82 Å². The molecule has 3 heteroatoms. The van der Waals surface area contributed by atoms with Gasteiger partial charge in [-0.05, 0) is 31.5 Å². The van der Waals surface area contributed by atoms with E-state index in [1.165, 1.54) is 5.56 Å². The van der Waals surface area contributed by atoms with Crippen LogP contribution in [-0.4, -0.2) is 25.1 Å². The van der Waals surface area contributed by atoms with Crippen LogP contribution in [0.2, 0.25) is 0 Å². The molecule has 0 aliphatic carbocycles. The van der Waals surface area contributed by atoms with Crippen LogP contribution in [0.15, 0.2) is 12.1 Å². The molecule has 0 aliphatic heterocycles. The third-order valence-corrected chi connectivity index (χ3v) is 1.94. The van der Waals surface area contributed by atoms with Gasteiger partial charge >= 0.3 is 0 Å². The van der Waals surface area contributed by atoms with Crippen molar-refractivity contribution < 1.29 is 0 Å². The highest BCUT2D eigenvalue weighted by molar-refractivity contribution is 5.41. The van der Waals surface area contributed by atoms with Crippen LogP contribution in [0.3, 0.4) is 0 Å². The van der Waals surface area contributed by atoms with Crippen LogP contribution < -0.4 is 10.6 Å². The van der Waals surface area contributed by atoms with E-state index >= 15 is 0 Å². The summed E-state index contributed by atoms with van der Waals surface area (Å²) >= 11 is 0. The van der Waals surface area contributed by atoms with E-state index in [9.17, 15) is 0 Å². The third kappa shape index (κ3) is 2.70. The highest BCUT2D eigenvalue weighted by Crippen LogP contribution is 2.12. The number of aryl methyl sites for hydroxylation is 2. The lowest BCUT2D eigenvalue weighted by Crippen LogP contribution is -2.25. The Labute approximate surface area is 79.6 Å². The van der Waals surface area contributed by atoms with Crippen LogP contribution in [0.4, 0.5) is 5.82 Å². The zero-order valence-electron chi connectivity index (χ0n) is 8.54. The molecule has 0 aliphatic rings. The smallest absolute Gasteiger partial charge is 0.128 e. The summed E-state index contributed by atoms with van der Waals surface area (Å²) in [5.74, 6) is 1.00. The molecule has 1 aromatic heterocycles. The maximum Gasteiger partial charge on any atom is 0.128 e. The van der Waals surface area contributed by atoms with Crippen molar-refractivity contribution in [3.8, 4) is 0 Å². The lowest BCUT2D eigenvalue weighted by molar-refractivity contribution is 0.863. The predicted molar refractivity (Wildman–Crippen MR) is 56.0 cm³/mol. The van der Waals surface area contributed by atoms with E-state index in [1.54, 1.807) is 0 Å². The quantitative estimate of drug-likeness (QED) is 0.755. The monoisotopic (exact) mass is 179 g/mol. The van der Waals surface area contributed by atoms with Crippen molar-refractivity contribution in [3.05, 3.63) is 23.4 Å². The summed E-state index contributed by atoms with van der Waals surface area (Å²) in [4.78, 5) is 6.49. The van der Waals surface area contributed by atoms with Gasteiger partial charge in [0.05, 0.1) is 0 Å². The van der Waals surface area contributed by atoms with Gasteiger partial charge in [-0.25, -0.2) is 4.98 Å². The number of nitrogens with two attached hydrogens (primary N) is 1. The molecule has 0 bridgehead atoms. The molecule has 2 N–H and O–H groups in total. The predicted octanol–water partition coefficient (Wildman–Crippen LogP) is 1.09. The molecule has 1 rings (SSSR count). The van der Waals surface area contributed by atoms with Gasteiger partial charge in [0.2, 0.25) is 0 Å². The second kappa shape index (κ2) is 4.23. The number of hydrogen-bond donors (Lipinski definition) is 1. The Hall–Kier alpha value is -1.09. The Kier molecular flexibility index (Phi) is 3.25. The van der Waals surface area contributed by atoms with E-state index in [0.717, 1.165) is 18.1 Å².